The predicted molar refractivity (Wildman–Crippen MR) is 95.3 cm³/mol. The van der Waals surface area contributed by atoms with Crippen LogP contribution >= 0.6 is 0 Å². The summed E-state index contributed by atoms with van der Waals surface area (Å²) in [5.41, 5.74) is 1.14. The van der Waals surface area contributed by atoms with Crippen LogP contribution in [0.15, 0.2) is 18.2 Å². The van der Waals surface area contributed by atoms with Crippen LogP contribution in [0.4, 0.5) is 4.79 Å². The van der Waals surface area contributed by atoms with E-state index in [1.807, 2.05) is 19.1 Å². The summed E-state index contributed by atoms with van der Waals surface area (Å²) in [5, 5.41) is 2.70. The molecule has 26 heavy (non-hydrogen) atoms. The van der Waals surface area contributed by atoms with Gasteiger partial charge in [-0.15, -0.1) is 0 Å². The maximum atomic E-state index is 12.8. The van der Waals surface area contributed by atoms with Crippen molar-refractivity contribution in [2.75, 3.05) is 32.8 Å². The average molecular weight is 359 g/mol. The number of ether oxygens (including phenoxy) is 2. The Bertz CT molecular complexity index is 708. The molecule has 0 radical (unpaired) electrons. The molecule has 0 saturated carbocycles. The second-order valence-electron chi connectivity index (χ2n) is 7.05. The molecule has 7 nitrogen and oxygen atoms in total. The fourth-order valence-corrected chi connectivity index (χ4v) is 4.05. The molecule has 2 fully saturated rings. The van der Waals surface area contributed by atoms with E-state index in [4.69, 9.17) is 9.47 Å². The van der Waals surface area contributed by atoms with Crippen LogP contribution in [0.3, 0.4) is 0 Å². The molecule has 4 rings (SSSR count). The van der Waals surface area contributed by atoms with Crippen LogP contribution in [0.5, 0.6) is 11.5 Å². The molecule has 0 spiro atoms. The van der Waals surface area contributed by atoms with Crippen molar-refractivity contribution in [2.45, 2.75) is 38.3 Å². The van der Waals surface area contributed by atoms with Gasteiger partial charge in [-0.2, -0.15) is 0 Å². The lowest BCUT2D eigenvalue weighted by atomic mass is 10.0. The summed E-state index contributed by atoms with van der Waals surface area (Å²) in [6, 6.07) is 5.61. The van der Waals surface area contributed by atoms with Gasteiger partial charge in [-0.05, 0) is 44.0 Å². The first-order valence-electron chi connectivity index (χ1n) is 9.39. The zero-order chi connectivity index (χ0) is 18.1. The summed E-state index contributed by atoms with van der Waals surface area (Å²) < 4.78 is 11.5. The molecule has 2 atom stereocenters. The van der Waals surface area contributed by atoms with Crippen LogP contribution in [0, 0.1) is 0 Å². The standard InChI is InChI=1S/C19H25N3O4/c1-13(18(23)22-9-7-20-19(22)24)21-8-2-4-15(21)14-5-6-16-17(12-14)26-11-3-10-25-16/h5-6,12-13,15H,2-4,7-11H2,1H3,(H,20,24)/t13-,15-/m1/s1. The second-order valence-corrected chi connectivity index (χ2v) is 7.05. The molecule has 140 valence electrons. The zero-order valence-electron chi connectivity index (χ0n) is 15.1. The normalized spacial score (nSPS) is 24.3. The molecule has 0 aliphatic carbocycles. The Hall–Kier alpha value is -2.28. The molecule has 0 unspecified atom stereocenters. The first-order valence-corrected chi connectivity index (χ1v) is 9.39. The van der Waals surface area contributed by atoms with Gasteiger partial charge >= 0.3 is 6.03 Å². The van der Waals surface area contributed by atoms with Crippen molar-refractivity contribution in [2.24, 2.45) is 0 Å². The Labute approximate surface area is 153 Å². The molecular weight excluding hydrogens is 334 g/mol. The summed E-state index contributed by atoms with van der Waals surface area (Å²) >= 11 is 0. The van der Waals surface area contributed by atoms with Gasteiger partial charge in [-0.25, -0.2) is 4.79 Å². The number of hydrogen-bond donors (Lipinski definition) is 1. The van der Waals surface area contributed by atoms with E-state index in [1.165, 1.54) is 4.90 Å². The number of benzene rings is 1. The highest BCUT2D eigenvalue weighted by Crippen LogP contribution is 2.39. The molecule has 3 amide bonds. The predicted octanol–water partition coefficient (Wildman–Crippen LogP) is 1.93. The summed E-state index contributed by atoms with van der Waals surface area (Å²) in [7, 11) is 0. The third-order valence-electron chi connectivity index (χ3n) is 5.43. The Morgan fingerprint density at radius 1 is 1.19 bits per heavy atom. The number of hydrogen-bond acceptors (Lipinski definition) is 5. The fraction of sp³-hybridized carbons (Fsp3) is 0.579. The summed E-state index contributed by atoms with van der Waals surface area (Å²) in [6.45, 7) is 5.05. The fourth-order valence-electron chi connectivity index (χ4n) is 4.05. The van der Waals surface area contributed by atoms with Crippen molar-refractivity contribution in [1.82, 2.24) is 15.1 Å². The van der Waals surface area contributed by atoms with Crippen molar-refractivity contribution in [3.05, 3.63) is 23.8 Å². The van der Waals surface area contributed by atoms with Crippen molar-refractivity contribution in [3.8, 4) is 11.5 Å². The van der Waals surface area contributed by atoms with E-state index in [0.717, 1.165) is 42.9 Å². The third kappa shape index (κ3) is 3.11. The van der Waals surface area contributed by atoms with Crippen molar-refractivity contribution in [3.63, 3.8) is 0 Å². The van der Waals surface area contributed by atoms with E-state index < -0.39 is 0 Å². The maximum absolute atomic E-state index is 12.8. The van der Waals surface area contributed by atoms with Gasteiger partial charge < -0.3 is 14.8 Å². The van der Waals surface area contributed by atoms with Crippen molar-refractivity contribution >= 4 is 11.9 Å². The van der Waals surface area contributed by atoms with Crippen LogP contribution in [-0.2, 0) is 4.79 Å². The van der Waals surface area contributed by atoms with Crippen LogP contribution in [0.25, 0.3) is 0 Å². The van der Waals surface area contributed by atoms with Gasteiger partial charge in [0.2, 0.25) is 5.91 Å². The van der Waals surface area contributed by atoms with Crippen LogP contribution in [0.2, 0.25) is 0 Å². The highest BCUT2D eigenvalue weighted by molar-refractivity contribution is 5.98. The minimum absolute atomic E-state index is 0.124. The van der Waals surface area contributed by atoms with E-state index >= 15 is 0 Å². The van der Waals surface area contributed by atoms with E-state index in [9.17, 15) is 9.59 Å². The smallest absolute Gasteiger partial charge is 0.324 e. The molecule has 1 aromatic carbocycles. The number of carbonyl (C=O) groups is 2. The Balaban J connectivity index is 1.54. The topological polar surface area (TPSA) is 71.1 Å². The number of amides is 3. The lowest BCUT2D eigenvalue weighted by Crippen LogP contribution is -2.47. The number of fused-ring (bicyclic) bond motifs is 1. The highest BCUT2D eigenvalue weighted by atomic mass is 16.5. The van der Waals surface area contributed by atoms with E-state index in [1.54, 1.807) is 0 Å². The van der Waals surface area contributed by atoms with E-state index in [0.29, 0.717) is 26.3 Å². The van der Waals surface area contributed by atoms with Gasteiger partial charge in [0, 0.05) is 25.6 Å². The average Bonchev–Trinajstić information content (AvgIpc) is 3.24. The van der Waals surface area contributed by atoms with Gasteiger partial charge in [0.05, 0.1) is 19.3 Å². The molecule has 0 bridgehead atoms. The number of rotatable bonds is 3. The largest absolute Gasteiger partial charge is 0.490 e. The number of urea groups is 1. The number of carbonyl (C=O) groups excluding carboxylic acids is 2. The number of nitrogens with one attached hydrogen (secondary N) is 1. The van der Waals surface area contributed by atoms with Crippen LogP contribution in [-0.4, -0.2) is 60.6 Å². The summed E-state index contributed by atoms with van der Waals surface area (Å²) in [6.07, 6.45) is 2.90. The molecule has 3 aliphatic heterocycles. The zero-order valence-corrected chi connectivity index (χ0v) is 15.1. The molecule has 3 aliphatic rings. The quantitative estimate of drug-likeness (QED) is 0.893. The molecule has 1 N–H and O–H groups in total. The Kier molecular flexibility index (Phi) is 4.72. The van der Waals surface area contributed by atoms with Gasteiger partial charge in [-0.1, -0.05) is 6.07 Å². The minimum Gasteiger partial charge on any atom is -0.490 e. The lowest BCUT2D eigenvalue weighted by Gasteiger charge is -2.32. The molecule has 0 aromatic heterocycles. The minimum atomic E-state index is -0.331. The third-order valence-corrected chi connectivity index (χ3v) is 5.43. The number of imide groups is 1. The van der Waals surface area contributed by atoms with Gasteiger partial charge in [0.25, 0.3) is 0 Å². The van der Waals surface area contributed by atoms with Gasteiger partial charge in [-0.3, -0.25) is 14.6 Å². The second kappa shape index (κ2) is 7.15. The summed E-state index contributed by atoms with van der Waals surface area (Å²) in [4.78, 5) is 28.1. The van der Waals surface area contributed by atoms with Gasteiger partial charge in [0.1, 0.15) is 0 Å². The molecule has 1 aromatic rings. The Morgan fingerprint density at radius 2 is 2.00 bits per heavy atom. The first-order chi connectivity index (χ1) is 12.6. The van der Waals surface area contributed by atoms with Crippen molar-refractivity contribution < 1.29 is 19.1 Å². The van der Waals surface area contributed by atoms with Crippen LogP contribution < -0.4 is 14.8 Å². The monoisotopic (exact) mass is 359 g/mol. The first kappa shape index (κ1) is 17.1. The molecular formula is C19H25N3O4. The van der Waals surface area contributed by atoms with E-state index in [2.05, 4.69) is 16.3 Å². The lowest BCUT2D eigenvalue weighted by molar-refractivity contribution is -0.133. The SMILES string of the molecule is C[C@H](C(=O)N1CCNC1=O)N1CCC[C@@H]1c1ccc2c(c1)OCCCO2. The van der Waals surface area contributed by atoms with Gasteiger partial charge in [0.15, 0.2) is 11.5 Å². The highest BCUT2D eigenvalue weighted by Gasteiger charge is 2.38. The summed E-state index contributed by atoms with van der Waals surface area (Å²) in [5.74, 6) is 1.44. The number of nitrogens with zero attached hydrogens (tertiary/aromatic N) is 2. The van der Waals surface area contributed by atoms with E-state index in [-0.39, 0.29) is 24.0 Å². The molecule has 7 heteroatoms. The van der Waals surface area contributed by atoms with Crippen LogP contribution in [0.1, 0.15) is 37.8 Å². The molecule has 3 heterocycles. The Morgan fingerprint density at radius 3 is 2.77 bits per heavy atom. The maximum Gasteiger partial charge on any atom is 0.324 e. The van der Waals surface area contributed by atoms with Crippen molar-refractivity contribution in [1.29, 1.82) is 0 Å². The number of likely N-dealkylation sites (tertiary alicyclic amines) is 1. The molecule has 2 saturated heterocycles.